The van der Waals surface area contributed by atoms with Crippen LogP contribution >= 0.6 is 0 Å². The van der Waals surface area contributed by atoms with Crippen molar-refractivity contribution in [2.24, 2.45) is 0 Å². The fraction of sp³-hybridized carbons (Fsp3) is 0.421. The second-order valence-electron chi connectivity index (χ2n) is 6.37. The van der Waals surface area contributed by atoms with E-state index in [1.807, 2.05) is 0 Å². The first kappa shape index (κ1) is 13.4. The lowest BCUT2D eigenvalue weighted by Crippen LogP contribution is -2.07. The zero-order valence-corrected chi connectivity index (χ0v) is 13.9. The third kappa shape index (κ3) is 1.31. The maximum Gasteiger partial charge on any atom is 0.217 e. The molecule has 0 unspecified atom stereocenters. The van der Waals surface area contributed by atoms with E-state index in [0.29, 0.717) is 0 Å². The van der Waals surface area contributed by atoms with Gasteiger partial charge in [-0.1, -0.05) is 0 Å². The number of nitrogens with zero attached hydrogens (tertiary/aromatic N) is 1. The third-order valence-corrected chi connectivity index (χ3v) is 5.67. The summed E-state index contributed by atoms with van der Waals surface area (Å²) in [5.74, 6) is 0. The van der Waals surface area contributed by atoms with Gasteiger partial charge in [-0.25, -0.2) is 0 Å². The number of hydrogen-bond donors (Lipinski definition) is 0. The Morgan fingerprint density at radius 1 is 0.550 bits per heavy atom. The van der Waals surface area contributed by atoms with Gasteiger partial charge in [0.05, 0.1) is 10.9 Å². The van der Waals surface area contributed by atoms with Gasteiger partial charge in [0, 0.05) is 12.5 Å². The SMILES string of the molecule is CC1=[N+](C)c2c(C)c(C)c(C)c3c(C)c(C)c(C)c1c23. The van der Waals surface area contributed by atoms with Crippen LogP contribution in [0.2, 0.25) is 0 Å². The van der Waals surface area contributed by atoms with Crippen molar-refractivity contribution < 1.29 is 4.58 Å². The van der Waals surface area contributed by atoms with Crippen molar-refractivity contribution in [3.8, 4) is 0 Å². The molecule has 0 saturated carbocycles. The second kappa shape index (κ2) is 3.94. The molecule has 3 rings (SSSR count). The van der Waals surface area contributed by atoms with Gasteiger partial charge in [-0.2, -0.15) is 4.58 Å². The summed E-state index contributed by atoms with van der Waals surface area (Å²) in [5, 5.41) is 2.95. The van der Waals surface area contributed by atoms with E-state index in [1.165, 1.54) is 61.1 Å². The standard InChI is InChI=1S/C19H24N/c1-9-11(3)16-12(4)10(2)14(6)19-18(16)17(13(9)5)15(7)20(19)8/h1-8H3/q+1. The van der Waals surface area contributed by atoms with E-state index in [2.05, 4.69) is 60.1 Å². The zero-order valence-electron chi connectivity index (χ0n) is 13.9. The van der Waals surface area contributed by atoms with E-state index in [0.717, 1.165) is 0 Å². The molecule has 2 aromatic carbocycles. The van der Waals surface area contributed by atoms with E-state index in [4.69, 9.17) is 0 Å². The molecule has 0 fully saturated rings. The molecule has 1 heteroatoms. The average Bonchev–Trinajstić information content (AvgIpc) is 2.66. The van der Waals surface area contributed by atoms with Crippen LogP contribution in [-0.4, -0.2) is 17.3 Å². The van der Waals surface area contributed by atoms with E-state index in [1.54, 1.807) is 0 Å². The highest BCUT2D eigenvalue weighted by Gasteiger charge is 2.33. The summed E-state index contributed by atoms with van der Waals surface area (Å²) in [6.07, 6.45) is 0. The Kier molecular flexibility index (Phi) is 2.63. The Bertz CT molecular complexity index is 755. The predicted molar refractivity (Wildman–Crippen MR) is 88.0 cm³/mol. The van der Waals surface area contributed by atoms with Gasteiger partial charge in [-0.3, -0.25) is 0 Å². The van der Waals surface area contributed by atoms with Crippen LogP contribution in [0.4, 0.5) is 5.69 Å². The smallest absolute Gasteiger partial charge is 0.198 e. The molecule has 1 aliphatic rings. The van der Waals surface area contributed by atoms with Gasteiger partial charge in [-0.15, -0.1) is 0 Å². The largest absolute Gasteiger partial charge is 0.217 e. The van der Waals surface area contributed by atoms with Crippen molar-refractivity contribution in [3.05, 3.63) is 38.9 Å². The number of benzene rings is 2. The van der Waals surface area contributed by atoms with Gasteiger partial charge in [0.2, 0.25) is 5.69 Å². The fourth-order valence-electron chi connectivity index (χ4n) is 3.90. The highest BCUT2D eigenvalue weighted by atomic mass is 15.0. The quantitative estimate of drug-likeness (QED) is 0.603. The van der Waals surface area contributed by atoms with Crippen molar-refractivity contribution in [2.45, 2.75) is 48.5 Å². The molecule has 0 bridgehead atoms. The Hall–Kier alpha value is -1.63. The van der Waals surface area contributed by atoms with Crippen molar-refractivity contribution in [3.63, 3.8) is 0 Å². The fourth-order valence-corrected chi connectivity index (χ4v) is 3.90. The van der Waals surface area contributed by atoms with E-state index in [-0.39, 0.29) is 0 Å². The van der Waals surface area contributed by atoms with Crippen LogP contribution in [0.15, 0.2) is 0 Å². The molecule has 104 valence electrons. The molecule has 0 aromatic heterocycles. The lowest BCUT2D eigenvalue weighted by molar-refractivity contribution is -0.401. The van der Waals surface area contributed by atoms with Gasteiger partial charge < -0.3 is 0 Å². The lowest BCUT2D eigenvalue weighted by atomic mass is 9.85. The molecule has 0 aliphatic carbocycles. The zero-order chi connectivity index (χ0) is 14.9. The highest BCUT2D eigenvalue weighted by molar-refractivity contribution is 6.18. The molecular formula is C19H24N+. The molecule has 1 nitrogen and oxygen atoms in total. The van der Waals surface area contributed by atoms with Crippen LogP contribution in [0.25, 0.3) is 10.8 Å². The molecule has 1 aliphatic heterocycles. The summed E-state index contributed by atoms with van der Waals surface area (Å²) in [6.45, 7) is 15.9. The lowest BCUT2D eigenvalue weighted by Gasteiger charge is -2.16. The topological polar surface area (TPSA) is 3.01 Å². The molecule has 0 N–H and O–H groups in total. The summed E-state index contributed by atoms with van der Waals surface area (Å²) in [7, 11) is 2.20. The first-order chi connectivity index (χ1) is 9.29. The first-order valence-electron chi connectivity index (χ1n) is 7.39. The molecule has 20 heavy (non-hydrogen) atoms. The van der Waals surface area contributed by atoms with Gasteiger partial charge in [-0.05, 0) is 74.7 Å². The minimum absolute atomic E-state index is 1.39. The van der Waals surface area contributed by atoms with Crippen LogP contribution in [0.3, 0.4) is 0 Å². The van der Waals surface area contributed by atoms with Crippen LogP contribution in [0.5, 0.6) is 0 Å². The van der Waals surface area contributed by atoms with Crippen LogP contribution in [0.1, 0.15) is 45.9 Å². The summed E-state index contributed by atoms with van der Waals surface area (Å²) < 4.78 is 2.38. The molecule has 0 amide bonds. The van der Waals surface area contributed by atoms with E-state index >= 15 is 0 Å². The number of hydrogen-bond acceptors (Lipinski definition) is 0. The number of rotatable bonds is 0. The van der Waals surface area contributed by atoms with Gasteiger partial charge in [0.25, 0.3) is 0 Å². The van der Waals surface area contributed by atoms with Crippen LogP contribution in [-0.2, 0) is 0 Å². The summed E-state index contributed by atoms with van der Waals surface area (Å²) in [4.78, 5) is 0. The summed E-state index contributed by atoms with van der Waals surface area (Å²) in [5.41, 5.74) is 12.9. The normalized spacial score (nSPS) is 13.8. The predicted octanol–water partition coefficient (Wildman–Crippen LogP) is 4.79. The number of aryl methyl sites for hydroxylation is 2. The van der Waals surface area contributed by atoms with Crippen molar-refractivity contribution in [1.82, 2.24) is 0 Å². The van der Waals surface area contributed by atoms with Crippen LogP contribution < -0.4 is 0 Å². The Morgan fingerprint density at radius 3 is 1.60 bits per heavy atom. The molecule has 0 spiro atoms. The molecule has 2 aromatic rings. The second-order valence-corrected chi connectivity index (χ2v) is 6.37. The Balaban J connectivity index is 2.75. The molecule has 0 atom stereocenters. The first-order valence-corrected chi connectivity index (χ1v) is 7.39. The Labute approximate surface area is 121 Å². The van der Waals surface area contributed by atoms with E-state index in [9.17, 15) is 0 Å². The van der Waals surface area contributed by atoms with Gasteiger partial charge in [0.1, 0.15) is 7.05 Å². The maximum absolute atomic E-state index is 2.38. The molecule has 0 radical (unpaired) electrons. The molecule has 0 saturated heterocycles. The maximum atomic E-state index is 2.38. The minimum atomic E-state index is 1.39. The van der Waals surface area contributed by atoms with Crippen molar-refractivity contribution in [1.29, 1.82) is 0 Å². The summed E-state index contributed by atoms with van der Waals surface area (Å²) in [6, 6.07) is 0. The monoisotopic (exact) mass is 266 g/mol. The Morgan fingerprint density at radius 2 is 1.05 bits per heavy atom. The van der Waals surface area contributed by atoms with Crippen LogP contribution in [0, 0.1) is 41.5 Å². The highest BCUT2D eigenvalue weighted by Crippen LogP contribution is 2.44. The van der Waals surface area contributed by atoms with Crippen molar-refractivity contribution >= 4 is 22.2 Å². The average molecular weight is 266 g/mol. The third-order valence-electron chi connectivity index (χ3n) is 5.67. The minimum Gasteiger partial charge on any atom is -0.198 e. The van der Waals surface area contributed by atoms with Gasteiger partial charge >= 0.3 is 0 Å². The molecular weight excluding hydrogens is 242 g/mol. The van der Waals surface area contributed by atoms with Gasteiger partial charge in [0.15, 0.2) is 5.71 Å². The summed E-state index contributed by atoms with van der Waals surface area (Å²) >= 11 is 0. The van der Waals surface area contributed by atoms with Crippen molar-refractivity contribution in [2.75, 3.05) is 7.05 Å². The molecule has 1 heterocycles. The van der Waals surface area contributed by atoms with E-state index < -0.39 is 0 Å².